The van der Waals surface area contributed by atoms with Crippen molar-refractivity contribution in [1.82, 2.24) is 20.5 Å². The zero-order valence-corrected chi connectivity index (χ0v) is 36.6. The number of phenolic OH excluding ortho intramolecular Hbond substituents is 1. The minimum atomic E-state index is -0.934. The number of benzene rings is 5. The van der Waals surface area contributed by atoms with Crippen molar-refractivity contribution in [3.63, 3.8) is 0 Å². The third-order valence-electron chi connectivity index (χ3n) is 11.8. The van der Waals surface area contributed by atoms with Crippen LogP contribution in [0.25, 0.3) is 10.9 Å². The average molecular weight is 903 g/mol. The molecule has 3 atom stereocenters. The maximum absolute atomic E-state index is 13.3. The van der Waals surface area contributed by atoms with E-state index in [1.165, 1.54) is 19.2 Å². The van der Waals surface area contributed by atoms with Crippen molar-refractivity contribution in [3.8, 4) is 23.0 Å². The first-order valence-corrected chi connectivity index (χ1v) is 22.0. The van der Waals surface area contributed by atoms with Gasteiger partial charge in [0.05, 0.1) is 35.4 Å². The van der Waals surface area contributed by atoms with E-state index in [4.69, 9.17) is 35.3 Å². The third-order valence-corrected chi connectivity index (χ3v) is 12.1. The van der Waals surface area contributed by atoms with E-state index >= 15 is 0 Å². The Labute approximate surface area is 381 Å². The molecule has 5 N–H and O–H groups in total. The van der Waals surface area contributed by atoms with Crippen LogP contribution in [0.4, 0.5) is 4.79 Å². The van der Waals surface area contributed by atoms with Gasteiger partial charge in [0.25, 0.3) is 0 Å². The lowest BCUT2D eigenvalue weighted by Crippen LogP contribution is -2.52. The monoisotopic (exact) mass is 902 g/mol. The number of amides is 1. The lowest BCUT2D eigenvalue weighted by molar-refractivity contribution is -0.0336. The number of nitrogens with one attached hydrogen (secondary N) is 3. The molecule has 1 amide bonds. The van der Waals surface area contributed by atoms with Crippen molar-refractivity contribution in [2.24, 2.45) is 5.92 Å². The Hall–Kier alpha value is -6.58. The largest absolute Gasteiger partial charge is 0.506 e. The van der Waals surface area contributed by atoms with E-state index in [0.717, 1.165) is 54.7 Å². The first-order chi connectivity index (χ1) is 31.6. The molecule has 0 aliphatic carbocycles. The van der Waals surface area contributed by atoms with Crippen molar-refractivity contribution in [1.29, 1.82) is 0 Å². The highest BCUT2D eigenvalue weighted by Gasteiger charge is 2.37. The fourth-order valence-electron chi connectivity index (χ4n) is 8.42. The van der Waals surface area contributed by atoms with Crippen LogP contribution in [0, 0.1) is 5.92 Å². The van der Waals surface area contributed by atoms with Gasteiger partial charge in [-0.3, -0.25) is 9.69 Å². The number of alkyl carbamates (subject to hydrolysis) is 1. The molecule has 9 rings (SSSR count). The number of methoxy groups -OCH3 is 1. The van der Waals surface area contributed by atoms with Gasteiger partial charge in [0.2, 0.25) is 5.56 Å². The molecular weight excluding hydrogens is 852 g/mol. The number of hydrogen-bond acceptors (Lipinski definition) is 12. The standard InChI is InChI=1S/C50H51ClN4O10/c1-61-43-25-32(27-52-28-42(57)38-14-16-41(56)47-39(38)15-17-45(58)53-47)24-40(51)48(43)62-22-23-63-49(59)35-12-10-31(11-13-35)30-64-37-9-5-8-36(26-37)46(34-6-3-2-4-7-34)54-50(60)65-44-29-55-20-18-33(44)19-21-55/h2-17,24-26,33,42,44,46,52,56-57H,18-23,27-30H2,1H3,(H,53,58)(H,54,60)/t42?,44?,46-/m0/s1. The molecule has 14 nitrogen and oxygen atoms in total. The second-order valence-electron chi connectivity index (χ2n) is 16.2. The van der Waals surface area contributed by atoms with E-state index in [1.807, 2.05) is 54.6 Å². The number of ether oxygens (including phenoxy) is 5. The maximum atomic E-state index is 13.3. The highest BCUT2D eigenvalue weighted by Crippen LogP contribution is 2.37. The van der Waals surface area contributed by atoms with E-state index in [0.29, 0.717) is 51.2 Å². The number of nitrogens with zero attached hydrogens (tertiary/aromatic N) is 1. The van der Waals surface area contributed by atoms with Gasteiger partial charge in [-0.25, -0.2) is 9.59 Å². The summed E-state index contributed by atoms with van der Waals surface area (Å²) in [4.78, 5) is 42.9. The summed E-state index contributed by atoms with van der Waals surface area (Å²) in [5.41, 5.74) is 4.20. The first-order valence-electron chi connectivity index (χ1n) is 21.6. The number of aliphatic hydroxyl groups is 1. The molecule has 338 valence electrons. The summed E-state index contributed by atoms with van der Waals surface area (Å²) in [5, 5.41) is 28.2. The van der Waals surface area contributed by atoms with Crippen LogP contribution in [0.15, 0.2) is 120 Å². The summed E-state index contributed by atoms with van der Waals surface area (Å²) in [7, 11) is 1.49. The number of pyridine rings is 1. The first kappa shape index (κ1) is 45.0. The molecule has 15 heteroatoms. The minimum Gasteiger partial charge on any atom is -0.506 e. The predicted octanol–water partition coefficient (Wildman–Crippen LogP) is 7.44. The van der Waals surface area contributed by atoms with Crippen LogP contribution in [0.5, 0.6) is 23.0 Å². The van der Waals surface area contributed by atoms with Gasteiger partial charge in [0, 0.05) is 31.1 Å². The summed E-state index contributed by atoms with van der Waals surface area (Å²) in [6, 6.07) is 33.3. The van der Waals surface area contributed by atoms with Crippen LogP contribution in [0.1, 0.15) is 63.2 Å². The Morgan fingerprint density at radius 3 is 2.42 bits per heavy atom. The van der Waals surface area contributed by atoms with Crippen LogP contribution in [0.2, 0.25) is 5.02 Å². The molecule has 3 aliphatic heterocycles. The van der Waals surface area contributed by atoms with Gasteiger partial charge in [-0.15, -0.1) is 0 Å². The van der Waals surface area contributed by atoms with Gasteiger partial charge in [-0.1, -0.05) is 72.3 Å². The van der Waals surface area contributed by atoms with Crippen LogP contribution in [-0.4, -0.2) is 84.8 Å². The molecule has 2 unspecified atom stereocenters. The Kier molecular flexibility index (Phi) is 14.5. The lowest BCUT2D eigenvalue weighted by atomic mass is 9.86. The summed E-state index contributed by atoms with van der Waals surface area (Å²) >= 11 is 6.59. The Balaban J connectivity index is 0.795. The van der Waals surface area contributed by atoms with Crippen molar-refractivity contribution in [3.05, 3.63) is 164 Å². The number of hydrogen-bond donors (Lipinski definition) is 5. The molecule has 3 aliphatic rings. The number of phenols is 1. The fraction of sp³-hybridized carbons (Fsp3) is 0.300. The molecule has 5 aromatic carbocycles. The number of aromatic nitrogens is 1. The second kappa shape index (κ2) is 20.9. The molecule has 3 fully saturated rings. The number of H-pyrrole nitrogens is 1. The van der Waals surface area contributed by atoms with E-state index in [-0.39, 0.29) is 49.3 Å². The lowest BCUT2D eigenvalue weighted by Gasteiger charge is -2.43. The number of fused-ring (bicyclic) bond motifs is 4. The Morgan fingerprint density at radius 1 is 0.877 bits per heavy atom. The molecule has 2 bridgehead atoms. The molecule has 1 aromatic heterocycles. The number of aromatic hydroxyl groups is 1. The Bertz CT molecular complexity index is 2650. The van der Waals surface area contributed by atoms with Gasteiger partial charge in [-0.05, 0) is 108 Å². The van der Waals surface area contributed by atoms with Gasteiger partial charge >= 0.3 is 12.1 Å². The fourth-order valence-corrected chi connectivity index (χ4v) is 8.70. The van der Waals surface area contributed by atoms with Crippen molar-refractivity contribution in [2.45, 2.75) is 44.2 Å². The summed E-state index contributed by atoms with van der Waals surface area (Å²) in [6.45, 7) is 3.64. The number of carbonyl (C=O) groups excluding carboxylic acids is 2. The zero-order valence-electron chi connectivity index (χ0n) is 35.8. The second-order valence-corrected chi connectivity index (χ2v) is 16.6. The van der Waals surface area contributed by atoms with E-state index < -0.39 is 24.2 Å². The van der Waals surface area contributed by atoms with E-state index in [1.54, 1.807) is 48.5 Å². The van der Waals surface area contributed by atoms with Gasteiger partial charge < -0.3 is 49.5 Å². The highest BCUT2D eigenvalue weighted by atomic mass is 35.5. The van der Waals surface area contributed by atoms with Crippen molar-refractivity contribution < 1.29 is 43.5 Å². The molecule has 3 saturated heterocycles. The van der Waals surface area contributed by atoms with Gasteiger partial charge in [0.1, 0.15) is 37.4 Å². The number of aromatic amines is 1. The third kappa shape index (κ3) is 11.2. The van der Waals surface area contributed by atoms with Crippen molar-refractivity contribution in [2.75, 3.05) is 46.5 Å². The maximum Gasteiger partial charge on any atom is 0.408 e. The molecular formula is C50H51ClN4O10. The number of piperidine rings is 3. The summed E-state index contributed by atoms with van der Waals surface area (Å²) in [6.07, 6.45) is 0.638. The number of esters is 1. The van der Waals surface area contributed by atoms with Crippen LogP contribution < -0.4 is 30.4 Å². The highest BCUT2D eigenvalue weighted by molar-refractivity contribution is 6.32. The van der Waals surface area contributed by atoms with E-state index in [9.17, 15) is 24.6 Å². The minimum absolute atomic E-state index is 0.0179. The summed E-state index contributed by atoms with van der Waals surface area (Å²) < 4.78 is 29.0. The average Bonchev–Trinajstić information content (AvgIpc) is 3.33. The number of aliphatic hydroxyl groups excluding tert-OH is 1. The normalized spacial score (nSPS) is 17.5. The molecule has 6 aromatic rings. The van der Waals surface area contributed by atoms with Crippen LogP contribution >= 0.6 is 11.6 Å². The smallest absolute Gasteiger partial charge is 0.408 e. The van der Waals surface area contributed by atoms with Gasteiger partial charge in [0.15, 0.2) is 11.5 Å². The predicted molar refractivity (Wildman–Crippen MR) is 245 cm³/mol. The van der Waals surface area contributed by atoms with Crippen molar-refractivity contribution >= 4 is 34.6 Å². The van der Waals surface area contributed by atoms with E-state index in [2.05, 4.69) is 20.5 Å². The quantitative estimate of drug-likeness (QED) is 0.0426. The Morgan fingerprint density at radius 2 is 1.66 bits per heavy atom. The topological polar surface area (TPSA) is 181 Å². The number of carbonyl (C=O) groups is 2. The molecule has 4 heterocycles. The summed E-state index contributed by atoms with van der Waals surface area (Å²) in [5.74, 6) is 1.10. The SMILES string of the molecule is COc1cc(CNCC(O)c2ccc(O)c3[nH]c(=O)ccc23)cc(Cl)c1OCCOC(=O)c1ccc(COc2cccc([C@@H](NC(=O)OC3CN4CCC3CC4)c3ccccc3)c2)cc1. The number of rotatable bonds is 18. The van der Waals surface area contributed by atoms with Gasteiger partial charge in [-0.2, -0.15) is 0 Å². The van der Waals surface area contributed by atoms with Crippen LogP contribution in [-0.2, 0) is 22.6 Å². The zero-order chi connectivity index (χ0) is 45.3. The number of halogens is 1. The van der Waals surface area contributed by atoms with Crippen LogP contribution in [0.3, 0.4) is 0 Å². The molecule has 0 spiro atoms. The molecule has 65 heavy (non-hydrogen) atoms. The molecule has 0 radical (unpaired) electrons. The molecule has 0 saturated carbocycles.